The van der Waals surface area contributed by atoms with Crippen LogP contribution in [0.3, 0.4) is 0 Å². The fraction of sp³-hybridized carbons (Fsp3) is 0.444. The van der Waals surface area contributed by atoms with Gasteiger partial charge in [-0.3, -0.25) is 4.79 Å². The van der Waals surface area contributed by atoms with E-state index in [1.54, 1.807) is 4.90 Å². The molecule has 1 unspecified atom stereocenters. The van der Waals surface area contributed by atoms with Gasteiger partial charge in [0, 0.05) is 24.3 Å². The number of rotatable bonds is 4. The number of carbonyl (C=O) groups excluding carboxylic acids is 1. The number of nitrogens with zero attached hydrogens (tertiary/aromatic N) is 3. The Labute approximate surface area is 142 Å². The highest BCUT2D eigenvalue weighted by Crippen LogP contribution is 2.25. The second-order valence-electron chi connectivity index (χ2n) is 6.86. The Kier molecular flexibility index (Phi) is 4.43. The molecule has 6 heteroatoms. The van der Waals surface area contributed by atoms with Gasteiger partial charge in [0.2, 0.25) is 0 Å². The van der Waals surface area contributed by atoms with Crippen LogP contribution in [0.5, 0.6) is 0 Å². The van der Waals surface area contributed by atoms with Gasteiger partial charge in [-0.25, -0.2) is 4.98 Å². The van der Waals surface area contributed by atoms with Crippen molar-refractivity contribution in [2.24, 2.45) is 0 Å². The topological polar surface area (TPSA) is 72.5 Å². The van der Waals surface area contributed by atoms with Crippen LogP contribution in [-0.4, -0.2) is 70.1 Å². The van der Waals surface area contributed by atoms with E-state index < -0.39 is 5.60 Å². The predicted octanol–water partition coefficient (Wildman–Crippen LogP) is 1.52. The summed E-state index contributed by atoms with van der Waals surface area (Å²) < 4.78 is 0. The minimum Gasteiger partial charge on any atom is -0.387 e. The molecule has 2 aromatic rings. The number of likely N-dealkylation sites (tertiary alicyclic amines) is 1. The van der Waals surface area contributed by atoms with Gasteiger partial charge in [0.1, 0.15) is 11.5 Å². The van der Waals surface area contributed by atoms with Gasteiger partial charge >= 0.3 is 0 Å². The molecule has 1 fully saturated rings. The maximum absolute atomic E-state index is 12.8. The number of aromatic nitrogens is 2. The third-order valence-corrected chi connectivity index (χ3v) is 4.36. The van der Waals surface area contributed by atoms with Crippen LogP contribution in [-0.2, 0) is 0 Å². The number of H-pyrrole nitrogens is 1. The highest BCUT2D eigenvalue weighted by atomic mass is 16.3. The second kappa shape index (κ2) is 6.37. The summed E-state index contributed by atoms with van der Waals surface area (Å²) in [5.74, 6) is 0.569. The van der Waals surface area contributed by atoms with Crippen LogP contribution in [0.1, 0.15) is 22.6 Å². The molecule has 1 aromatic carbocycles. The summed E-state index contributed by atoms with van der Waals surface area (Å²) in [6.45, 7) is 3.30. The number of aryl methyl sites for hydroxylation is 1. The SMILES string of the molecule is Cc1[nH]c(-c2ccccc2)nc1C(=O)N1CCC(O)(CN(C)C)C1. The van der Waals surface area contributed by atoms with Crippen molar-refractivity contribution in [2.75, 3.05) is 33.7 Å². The van der Waals surface area contributed by atoms with Gasteiger partial charge in [-0.1, -0.05) is 30.3 Å². The summed E-state index contributed by atoms with van der Waals surface area (Å²) in [5.41, 5.74) is 1.29. The quantitative estimate of drug-likeness (QED) is 0.893. The molecule has 24 heavy (non-hydrogen) atoms. The van der Waals surface area contributed by atoms with Crippen molar-refractivity contribution in [2.45, 2.75) is 18.9 Å². The highest BCUT2D eigenvalue weighted by Gasteiger charge is 2.39. The van der Waals surface area contributed by atoms with Crippen LogP contribution in [0.15, 0.2) is 30.3 Å². The summed E-state index contributed by atoms with van der Waals surface area (Å²) >= 11 is 0. The summed E-state index contributed by atoms with van der Waals surface area (Å²) in [6.07, 6.45) is 0.589. The lowest BCUT2D eigenvalue weighted by atomic mass is 10.0. The largest absolute Gasteiger partial charge is 0.387 e. The van der Waals surface area contributed by atoms with E-state index in [4.69, 9.17) is 0 Å². The van der Waals surface area contributed by atoms with Crippen LogP contribution in [0.4, 0.5) is 0 Å². The van der Waals surface area contributed by atoms with E-state index in [1.807, 2.05) is 56.3 Å². The number of aliphatic hydroxyl groups is 1. The lowest BCUT2D eigenvalue weighted by molar-refractivity contribution is 0.0235. The lowest BCUT2D eigenvalue weighted by Gasteiger charge is -2.26. The molecule has 0 aliphatic carbocycles. The Balaban J connectivity index is 1.78. The Morgan fingerprint density at radius 1 is 1.38 bits per heavy atom. The van der Waals surface area contributed by atoms with E-state index in [0.29, 0.717) is 37.6 Å². The first-order valence-corrected chi connectivity index (χ1v) is 8.16. The van der Waals surface area contributed by atoms with Crippen LogP contribution in [0.25, 0.3) is 11.4 Å². The van der Waals surface area contributed by atoms with Gasteiger partial charge in [-0.2, -0.15) is 0 Å². The number of imidazole rings is 1. The Hall–Kier alpha value is -2.18. The average Bonchev–Trinajstić information content (AvgIpc) is 3.10. The van der Waals surface area contributed by atoms with E-state index in [9.17, 15) is 9.90 Å². The normalized spacial score (nSPS) is 20.8. The van der Waals surface area contributed by atoms with Crippen molar-refractivity contribution in [1.82, 2.24) is 19.8 Å². The first-order valence-electron chi connectivity index (χ1n) is 8.16. The number of benzene rings is 1. The van der Waals surface area contributed by atoms with Gasteiger partial charge in [0.15, 0.2) is 0 Å². The van der Waals surface area contributed by atoms with Gasteiger partial charge in [-0.15, -0.1) is 0 Å². The van der Waals surface area contributed by atoms with Gasteiger partial charge in [0.05, 0.1) is 12.1 Å². The summed E-state index contributed by atoms with van der Waals surface area (Å²) in [6, 6.07) is 9.74. The Morgan fingerprint density at radius 3 is 2.75 bits per heavy atom. The molecular formula is C18H24N4O2. The molecule has 1 amide bonds. The number of β-amino-alcohol motifs (C(OH)–C–C–N with tert-alkyl or cyclic N) is 1. The molecule has 1 aliphatic rings. The van der Waals surface area contributed by atoms with E-state index in [1.165, 1.54) is 0 Å². The zero-order valence-corrected chi connectivity index (χ0v) is 14.4. The molecule has 1 aromatic heterocycles. The molecule has 0 bridgehead atoms. The first kappa shape index (κ1) is 16.7. The third kappa shape index (κ3) is 3.34. The van der Waals surface area contributed by atoms with Gasteiger partial charge in [-0.05, 0) is 27.4 Å². The number of aromatic amines is 1. The van der Waals surface area contributed by atoms with E-state index in [-0.39, 0.29) is 5.91 Å². The number of hydrogen-bond donors (Lipinski definition) is 2. The molecule has 6 nitrogen and oxygen atoms in total. The maximum atomic E-state index is 12.8. The number of amides is 1. The standard InChI is InChI=1S/C18H24N4O2/c1-13-15(20-16(19-13)14-7-5-4-6-8-14)17(23)22-10-9-18(24,12-22)11-21(2)3/h4-8,24H,9-12H2,1-3H3,(H,19,20). The Bertz CT molecular complexity index is 726. The third-order valence-electron chi connectivity index (χ3n) is 4.36. The van der Waals surface area contributed by atoms with Crippen LogP contribution in [0.2, 0.25) is 0 Å². The molecule has 2 N–H and O–H groups in total. The highest BCUT2D eigenvalue weighted by molar-refractivity contribution is 5.94. The predicted molar refractivity (Wildman–Crippen MR) is 92.8 cm³/mol. The van der Waals surface area contributed by atoms with E-state index in [0.717, 1.165) is 11.3 Å². The van der Waals surface area contributed by atoms with Crippen LogP contribution < -0.4 is 0 Å². The summed E-state index contributed by atoms with van der Waals surface area (Å²) in [4.78, 5) is 24.1. The van der Waals surface area contributed by atoms with Gasteiger partial charge < -0.3 is 19.9 Å². The lowest BCUT2D eigenvalue weighted by Crippen LogP contribution is -2.43. The van der Waals surface area contributed by atoms with Crippen molar-refractivity contribution in [3.05, 3.63) is 41.7 Å². The number of likely N-dealkylation sites (N-methyl/N-ethyl adjacent to an activating group) is 1. The van der Waals surface area contributed by atoms with Crippen molar-refractivity contribution >= 4 is 5.91 Å². The van der Waals surface area contributed by atoms with Crippen molar-refractivity contribution in [1.29, 1.82) is 0 Å². The zero-order chi connectivity index (χ0) is 17.3. The van der Waals surface area contributed by atoms with E-state index >= 15 is 0 Å². The minimum absolute atomic E-state index is 0.124. The maximum Gasteiger partial charge on any atom is 0.274 e. The average molecular weight is 328 g/mol. The molecular weight excluding hydrogens is 304 g/mol. The number of nitrogens with one attached hydrogen (secondary N) is 1. The van der Waals surface area contributed by atoms with Crippen molar-refractivity contribution in [3.63, 3.8) is 0 Å². The fourth-order valence-corrected chi connectivity index (χ4v) is 3.30. The monoisotopic (exact) mass is 328 g/mol. The number of carbonyl (C=O) groups is 1. The van der Waals surface area contributed by atoms with Crippen molar-refractivity contribution in [3.8, 4) is 11.4 Å². The van der Waals surface area contributed by atoms with Crippen molar-refractivity contribution < 1.29 is 9.90 Å². The smallest absolute Gasteiger partial charge is 0.274 e. The zero-order valence-electron chi connectivity index (χ0n) is 14.4. The molecule has 0 saturated carbocycles. The first-order chi connectivity index (χ1) is 11.4. The second-order valence-corrected chi connectivity index (χ2v) is 6.86. The molecule has 1 saturated heterocycles. The minimum atomic E-state index is -0.842. The summed E-state index contributed by atoms with van der Waals surface area (Å²) in [7, 11) is 3.85. The van der Waals surface area contributed by atoms with Crippen LogP contribution >= 0.6 is 0 Å². The molecule has 0 spiro atoms. The van der Waals surface area contributed by atoms with E-state index in [2.05, 4.69) is 9.97 Å². The fourth-order valence-electron chi connectivity index (χ4n) is 3.30. The molecule has 1 aliphatic heterocycles. The van der Waals surface area contributed by atoms with Crippen LogP contribution in [0, 0.1) is 6.92 Å². The molecule has 128 valence electrons. The van der Waals surface area contributed by atoms with Gasteiger partial charge in [0.25, 0.3) is 5.91 Å². The Morgan fingerprint density at radius 2 is 2.08 bits per heavy atom. The molecule has 2 heterocycles. The molecule has 1 atom stereocenters. The molecule has 3 rings (SSSR count). The number of hydrogen-bond acceptors (Lipinski definition) is 4. The summed E-state index contributed by atoms with van der Waals surface area (Å²) in [5, 5.41) is 10.6. The molecule has 0 radical (unpaired) electrons.